The summed E-state index contributed by atoms with van der Waals surface area (Å²) in [5.74, 6) is 0.746. The van der Waals surface area contributed by atoms with Crippen molar-refractivity contribution in [3.63, 3.8) is 0 Å². The number of rotatable bonds is 2. The molecular formula is C9H18OSi. The maximum Gasteiger partial charge on any atom is 0.0590 e. The summed E-state index contributed by atoms with van der Waals surface area (Å²) in [5, 5.41) is 0. The van der Waals surface area contributed by atoms with Gasteiger partial charge in [0.1, 0.15) is 0 Å². The SMILES string of the molecule is CC(C)C=[SiH]C1CCCCO1. The van der Waals surface area contributed by atoms with Crippen LogP contribution >= 0.6 is 0 Å². The second-order valence-electron chi connectivity index (χ2n) is 3.53. The first-order chi connectivity index (χ1) is 5.29. The minimum atomic E-state index is 0.443. The lowest BCUT2D eigenvalue weighted by Crippen LogP contribution is -2.23. The van der Waals surface area contributed by atoms with Crippen LogP contribution in [0.4, 0.5) is 0 Å². The van der Waals surface area contributed by atoms with E-state index in [-0.39, 0.29) is 0 Å². The second kappa shape index (κ2) is 4.83. The van der Waals surface area contributed by atoms with Crippen molar-refractivity contribution in [2.24, 2.45) is 5.92 Å². The van der Waals surface area contributed by atoms with Crippen LogP contribution in [0.2, 0.25) is 0 Å². The van der Waals surface area contributed by atoms with E-state index in [2.05, 4.69) is 19.5 Å². The van der Waals surface area contributed by atoms with Crippen LogP contribution in [0.1, 0.15) is 33.1 Å². The lowest BCUT2D eigenvalue weighted by molar-refractivity contribution is 0.0669. The Labute approximate surface area is 71.6 Å². The zero-order chi connectivity index (χ0) is 8.10. The first-order valence-corrected chi connectivity index (χ1v) is 5.92. The fourth-order valence-corrected chi connectivity index (χ4v) is 2.63. The molecule has 1 saturated heterocycles. The Hall–Kier alpha value is 0.0469. The van der Waals surface area contributed by atoms with Gasteiger partial charge in [0.2, 0.25) is 0 Å². The third-order valence-corrected chi connectivity index (χ3v) is 3.87. The average molecular weight is 170 g/mol. The molecule has 1 nitrogen and oxygen atoms in total. The Morgan fingerprint density at radius 2 is 2.27 bits per heavy atom. The van der Waals surface area contributed by atoms with Gasteiger partial charge in [-0.15, -0.1) is 5.67 Å². The molecule has 0 aromatic heterocycles. The topological polar surface area (TPSA) is 9.23 Å². The third kappa shape index (κ3) is 3.82. The zero-order valence-corrected chi connectivity index (χ0v) is 8.70. The summed E-state index contributed by atoms with van der Waals surface area (Å²) in [6.07, 6.45) is 3.96. The molecule has 1 aliphatic heterocycles. The number of hydrogen-bond acceptors (Lipinski definition) is 1. The molecule has 1 unspecified atom stereocenters. The van der Waals surface area contributed by atoms with Crippen LogP contribution in [0.5, 0.6) is 0 Å². The molecule has 0 radical (unpaired) electrons. The molecule has 1 fully saturated rings. The van der Waals surface area contributed by atoms with Gasteiger partial charge < -0.3 is 4.74 Å². The van der Waals surface area contributed by atoms with Gasteiger partial charge in [-0.3, -0.25) is 0 Å². The van der Waals surface area contributed by atoms with Crippen molar-refractivity contribution in [2.75, 3.05) is 6.61 Å². The highest BCUT2D eigenvalue weighted by atomic mass is 28.2. The van der Waals surface area contributed by atoms with E-state index in [1.54, 1.807) is 0 Å². The van der Waals surface area contributed by atoms with Gasteiger partial charge in [0.15, 0.2) is 0 Å². The van der Waals surface area contributed by atoms with Gasteiger partial charge >= 0.3 is 0 Å². The van der Waals surface area contributed by atoms with Crippen molar-refractivity contribution < 1.29 is 4.74 Å². The minimum absolute atomic E-state index is 0.443. The van der Waals surface area contributed by atoms with E-state index in [1.165, 1.54) is 19.3 Å². The van der Waals surface area contributed by atoms with Crippen molar-refractivity contribution in [3.05, 3.63) is 0 Å². The van der Waals surface area contributed by atoms with E-state index < -0.39 is 0 Å². The normalized spacial score (nSPS) is 26.6. The summed E-state index contributed by atoms with van der Waals surface area (Å²) < 4.78 is 5.63. The maximum absolute atomic E-state index is 5.63. The minimum Gasteiger partial charge on any atom is -0.378 e. The zero-order valence-electron chi connectivity index (χ0n) is 7.55. The molecular weight excluding hydrogens is 152 g/mol. The van der Waals surface area contributed by atoms with Gasteiger partial charge in [-0.2, -0.15) is 0 Å². The molecule has 11 heavy (non-hydrogen) atoms. The van der Waals surface area contributed by atoms with Crippen molar-refractivity contribution >= 4 is 14.8 Å². The van der Waals surface area contributed by atoms with E-state index in [4.69, 9.17) is 4.74 Å². The number of hydrogen-bond donors (Lipinski definition) is 0. The summed E-state index contributed by atoms with van der Waals surface area (Å²) in [5.41, 5.74) is 3.06. The molecule has 0 aliphatic carbocycles. The summed E-state index contributed by atoms with van der Waals surface area (Å²) in [6.45, 7) is 5.50. The van der Waals surface area contributed by atoms with Crippen LogP contribution in [0.3, 0.4) is 0 Å². The van der Waals surface area contributed by atoms with E-state index in [9.17, 15) is 0 Å². The highest BCUT2D eigenvalue weighted by molar-refractivity contribution is 6.48. The molecule has 0 saturated carbocycles. The van der Waals surface area contributed by atoms with E-state index >= 15 is 0 Å². The Balaban J connectivity index is 2.23. The van der Waals surface area contributed by atoms with Crippen LogP contribution in [0, 0.1) is 5.92 Å². The van der Waals surface area contributed by atoms with Crippen molar-refractivity contribution in [2.45, 2.75) is 38.8 Å². The highest BCUT2D eigenvalue weighted by Gasteiger charge is 2.09. The van der Waals surface area contributed by atoms with Crippen LogP contribution in [-0.2, 0) is 4.74 Å². The first-order valence-electron chi connectivity index (χ1n) is 4.59. The predicted molar refractivity (Wildman–Crippen MR) is 51.6 cm³/mol. The lowest BCUT2D eigenvalue weighted by Gasteiger charge is -2.19. The van der Waals surface area contributed by atoms with Crippen molar-refractivity contribution in [1.29, 1.82) is 0 Å². The van der Waals surface area contributed by atoms with E-state index in [0.29, 0.717) is 14.9 Å². The Kier molecular flexibility index (Phi) is 4.01. The van der Waals surface area contributed by atoms with Crippen LogP contribution in [-0.4, -0.2) is 27.1 Å². The standard InChI is InChI=1S/C9H18OSi/c1-8(2)7-11-9-5-3-4-6-10-9/h7-9,11H,3-6H2,1-2H3. The fraction of sp³-hybridized carbons (Fsp3) is 0.889. The molecule has 0 N–H and O–H groups in total. The van der Waals surface area contributed by atoms with Crippen LogP contribution in [0.25, 0.3) is 0 Å². The van der Waals surface area contributed by atoms with Crippen molar-refractivity contribution in [1.82, 2.24) is 0 Å². The molecule has 1 atom stereocenters. The van der Waals surface area contributed by atoms with Gasteiger partial charge in [0.05, 0.1) is 5.73 Å². The Morgan fingerprint density at radius 1 is 1.45 bits per heavy atom. The maximum atomic E-state index is 5.63. The smallest absolute Gasteiger partial charge is 0.0590 e. The predicted octanol–water partition coefficient (Wildman–Crippen LogP) is 1.41. The quantitative estimate of drug-likeness (QED) is 0.569. The molecule has 0 aromatic rings. The van der Waals surface area contributed by atoms with Crippen molar-refractivity contribution in [3.8, 4) is 0 Å². The van der Waals surface area contributed by atoms with Crippen LogP contribution in [0.15, 0.2) is 0 Å². The molecule has 0 spiro atoms. The Morgan fingerprint density at radius 3 is 2.82 bits per heavy atom. The average Bonchev–Trinajstić information content (AvgIpc) is 2.03. The first kappa shape index (κ1) is 9.14. The molecule has 0 bridgehead atoms. The monoisotopic (exact) mass is 170 g/mol. The van der Waals surface area contributed by atoms with Gasteiger partial charge in [0, 0.05) is 15.7 Å². The fourth-order valence-electron chi connectivity index (χ4n) is 1.26. The molecule has 1 rings (SSSR count). The molecule has 1 aliphatic rings. The third-order valence-electron chi connectivity index (χ3n) is 1.93. The summed E-state index contributed by atoms with van der Waals surface area (Å²) in [7, 11) is 0.443. The highest BCUT2D eigenvalue weighted by Crippen LogP contribution is 2.09. The number of ether oxygens (including phenoxy) is 1. The lowest BCUT2D eigenvalue weighted by atomic mass is 10.2. The van der Waals surface area contributed by atoms with Gasteiger partial charge in [-0.25, -0.2) is 0 Å². The largest absolute Gasteiger partial charge is 0.378 e. The summed E-state index contributed by atoms with van der Waals surface area (Å²) >= 11 is 0. The van der Waals surface area contributed by atoms with Gasteiger partial charge in [0.25, 0.3) is 0 Å². The summed E-state index contributed by atoms with van der Waals surface area (Å²) in [6, 6.07) is 0. The van der Waals surface area contributed by atoms with E-state index in [1.807, 2.05) is 0 Å². The van der Waals surface area contributed by atoms with Gasteiger partial charge in [-0.05, 0) is 25.2 Å². The second-order valence-corrected chi connectivity index (χ2v) is 5.05. The summed E-state index contributed by atoms with van der Waals surface area (Å²) in [4.78, 5) is 0. The van der Waals surface area contributed by atoms with E-state index in [0.717, 1.165) is 12.5 Å². The molecule has 2 heteroatoms. The molecule has 64 valence electrons. The van der Waals surface area contributed by atoms with Crippen LogP contribution < -0.4 is 0 Å². The molecule has 0 amide bonds. The molecule has 1 heterocycles. The molecule has 0 aromatic carbocycles. The van der Waals surface area contributed by atoms with Gasteiger partial charge in [-0.1, -0.05) is 13.8 Å². The Bertz CT molecular complexity index is 126.